The van der Waals surface area contributed by atoms with E-state index in [2.05, 4.69) is 15.6 Å². The quantitative estimate of drug-likeness (QED) is 0.151. The third-order valence-corrected chi connectivity index (χ3v) is 8.71. The molecule has 2 N–H and O–H groups in total. The smallest absolute Gasteiger partial charge is 0.257 e. The van der Waals surface area contributed by atoms with Crippen molar-refractivity contribution in [2.75, 3.05) is 10.6 Å². The minimum absolute atomic E-state index is 0.177. The van der Waals surface area contributed by atoms with Crippen molar-refractivity contribution in [2.24, 2.45) is 10.9 Å². The maximum absolute atomic E-state index is 13.2. The molecule has 1 aliphatic rings. The number of aliphatic imine (C=N–C) groups is 1. The highest BCUT2D eigenvalue weighted by molar-refractivity contribution is 6.53. The summed E-state index contributed by atoms with van der Waals surface area (Å²) >= 11 is 37.5. The Hall–Kier alpha value is -2.77. The van der Waals surface area contributed by atoms with E-state index in [-0.39, 0.29) is 10.6 Å². The van der Waals surface area contributed by atoms with Crippen molar-refractivity contribution in [3.63, 3.8) is 0 Å². The van der Waals surface area contributed by atoms with Gasteiger partial charge in [0.05, 0.1) is 22.2 Å². The van der Waals surface area contributed by atoms with Crippen molar-refractivity contribution in [3.8, 4) is 0 Å². The highest BCUT2D eigenvalue weighted by Crippen LogP contribution is 2.65. The van der Waals surface area contributed by atoms with Gasteiger partial charge in [-0.2, -0.15) is 0 Å². The Bertz CT molecular complexity index is 1700. The summed E-state index contributed by atoms with van der Waals surface area (Å²) in [5, 5.41) is 7.36. The number of alkyl halides is 2. The molecule has 214 valence electrons. The molecule has 4 aromatic carbocycles. The number of amides is 2. The molecule has 1 saturated carbocycles. The van der Waals surface area contributed by atoms with Crippen molar-refractivity contribution in [3.05, 3.63) is 121 Å². The number of hydrogen-bond donors (Lipinski definition) is 2. The topological polar surface area (TPSA) is 70.6 Å². The van der Waals surface area contributed by atoms with Crippen LogP contribution in [0.5, 0.6) is 0 Å². The molecule has 0 spiro atoms. The van der Waals surface area contributed by atoms with Gasteiger partial charge in [0.1, 0.15) is 4.33 Å². The number of aryl methyl sites for hydroxylation is 1. The number of carbonyl (C=O) groups excluding carboxylic acids is 2. The molecule has 2 atom stereocenters. The van der Waals surface area contributed by atoms with E-state index in [0.717, 1.165) is 16.8 Å². The first kappa shape index (κ1) is 30.7. The number of carbonyl (C=O) groups is 2. The molecule has 1 aliphatic carbocycles. The second-order valence-electron chi connectivity index (χ2n) is 9.78. The van der Waals surface area contributed by atoms with Crippen molar-refractivity contribution >= 4 is 105 Å². The van der Waals surface area contributed by atoms with Crippen LogP contribution in [-0.4, -0.2) is 22.4 Å². The third-order valence-electron chi connectivity index (χ3n) is 6.75. The van der Waals surface area contributed by atoms with E-state index in [9.17, 15) is 9.59 Å². The lowest BCUT2D eigenvalue weighted by molar-refractivity contribution is -0.117. The summed E-state index contributed by atoms with van der Waals surface area (Å²) in [6.07, 6.45) is 1.73. The predicted octanol–water partition coefficient (Wildman–Crippen LogP) is 10.1. The van der Waals surface area contributed by atoms with Crippen LogP contribution in [0.15, 0.2) is 83.9 Å². The van der Waals surface area contributed by atoms with E-state index in [1.807, 2.05) is 25.1 Å². The van der Waals surface area contributed by atoms with Gasteiger partial charge in [0.2, 0.25) is 5.91 Å². The molecule has 5 nitrogen and oxygen atoms in total. The van der Waals surface area contributed by atoms with E-state index < -0.39 is 28.0 Å². The molecule has 11 heteroatoms. The Morgan fingerprint density at radius 1 is 0.810 bits per heavy atom. The van der Waals surface area contributed by atoms with Crippen LogP contribution in [0.3, 0.4) is 0 Å². The summed E-state index contributed by atoms with van der Waals surface area (Å²) in [6, 6.07) is 22.3. The van der Waals surface area contributed by atoms with Gasteiger partial charge >= 0.3 is 0 Å². The zero-order chi connectivity index (χ0) is 30.2. The molecule has 4 aromatic rings. The van der Waals surface area contributed by atoms with Crippen molar-refractivity contribution in [1.82, 2.24) is 0 Å². The van der Waals surface area contributed by atoms with E-state index >= 15 is 0 Å². The van der Waals surface area contributed by atoms with E-state index in [4.69, 9.17) is 69.6 Å². The summed E-state index contributed by atoms with van der Waals surface area (Å²) in [7, 11) is 0. The molecule has 0 bridgehead atoms. The van der Waals surface area contributed by atoms with Crippen molar-refractivity contribution in [1.29, 1.82) is 0 Å². The van der Waals surface area contributed by atoms with Gasteiger partial charge in [-0.25, -0.2) is 0 Å². The van der Waals surface area contributed by atoms with Gasteiger partial charge in [0.15, 0.2) is 0 Å². The number of nitrogens with zero attached hydrogens (tertiary/aromatic N) is 1. The minimum Gasteiger partial charge on any atom is -0.326 e. The van der Waals surface area contributed by atoms with Crippen LogP contribution < -0.4 is 10.6 Å². The zero-order valence-electron chi connectivity index (χ0n) is 21.8. The monoisotopic (exact) mass is 677 g/mol. The molecule has 42 heavy (non-hydrogen) atoms. The fourth-order valence-corrected chi connectivity index (χ4v) is 6.28. The average Bonchev–Trinajstić information content (AvgIpc) is 3.52. The predicted molar refractivity (Wildman–Crippen MR) is 175 cm³/mol. The largest absolute Gasteiger partial charge is 0.326 e. The van der Waals surface area contributed by atoms with E-state index in [0.29, 0.717) is 32.0 Å². The SMILES string of the molecule is Cc1cc(/N=C/c2ccc(Cl)cc2)ccc1NC(=O)c1cc(NC(=O)C2C(c3cc(Cl)cc(Cl)c3)C2(Cl)Cl)ccc1Cl. The minimum atomic E-state index is -1.34. The number of halogens is 6. The van der Waals surface area contributed by atoms with E-state index in [1.54, 1.807) is 54.7 Å². The second-order valence-corrected chi connectivity index (χ2v) is 12.9. The number of benzene rings is 4. The summed E-state index contributed by atoms with van der Waals surface area (Å²) in [6.45, 7) is 1.86. The van der Waals surface area contributed by atoms with Gasteiger partial charge in [0, 0.05) is 38.6 Å². The van der Waals surface area contributed by atoms with Gasteiger partial charge in [-0.05, 0) is 90.3 Å². The van der Waals surface area contributed by atoms with Gasteiger partial charge < -0.3 is 10.6 Å². The maximum Gasteiger partial charge on any atom is 0.257 e. The van der Waals surface area contributed by atoms with Gasteiger partial charge in [-0.1, -0.05) is 58.5 Å². The van der Waals surface area contributed by atoms with Crippen LogP contribution in [0, 0.1) is 12.8 Å². The van der Waals surface area contributed by atoms with Gasteiger partial charge in [-0.15, -0.1) is 23.2 Å². The van der Waals surface area contributed by atoms with Crippen LogP contribution in [0.4, 0.5) is 17.1 Å². The molecule has 1 fully saturated rings. The standard InChI is InChI=1S/C31H21Cl6N3O2/c1-16-10-22(38-15-17-2-4-19(32)5-3-17)7-9-26(16)40-29(41)24-14-23(6-8-25(24)35)39-30(42)28-27(31(28,36)37)18-11-20(33)13-21(34)12-18/h2-15,27-28H,1H3,(H,39,42)(H,40,41)/b38-15+. The summed E-state index contributed by atoms with van der Waals surface area (Å²) in [5.74, 6) is -2.13. The third kappa shape index (κ3) is 6.89. The van der Waals surface area contributed by atoms with Crippen LogP contribution >= 0.6 is 69.6 Å². The van der Waals surface area contributed by atoms with Crippen molar-refractivity contribution in [2.45, 2.75) is 17.2 Å². The van der Waals surface area contributed by atoms with Crippen LogP contribution in [0.1, 0.15) is 33.0 Å². The summed E-state index contributed by atoms with van der Waals surface area (Å²) < 4.78 is -1.34. The molecular formula is C31H21Cl6N3O2. The average molecular weight is 680 g/mol. The molecule has 2 unspecified atom stereocenters. The van der Waals surface area contributed by atoms with Gasteiger partial charge in [-0.3, -0.25) is 14.6 Å². The summed E-state index contributed by atoms with van der Waals surface area (Å²) in [5.41, 5.74) is 4.21. The zero-order valence-corrected chi connectivity index (χ0v) is 26.3. The molecule has 0 radical (unpaired) electrons. The van der Waals surface area contributed by atoms with Crippen molar-refractivity contribution < 1.29 is 9.59 Å². The highest BCUT2D eigenvalue weighted by atomic mass is 35.5. The lowest BCUT2D eigenvalue weighted by Crippen LogP contribution is -2.18. The number of anilines is 2. The molecule has 2 amide bonds. The maximum atomic E-state index is 13.2. The Balaban J connectivity index is 1.27. The summed E-state index contributed by atoms with van der Waals surface area (Å²) in [4.78, 5) is 30.8. The van der Waals surface area contributed by atoms with E-state index in [1.165, 1.54) is 12.1 Å². The number of hydrogen-bond acceptors (Lipinski definition) is 3. The molecule has 0 aromatic heterocycles. The Kier molecular flexibility index (Phi) is 9.10. The van der Waals surface area contributed by atoms with Crippen LogP contribution in [-0.2, 0) is 4.79 Å². The lowest BCUT2D eigenvalue weighted by atomic mass is 10.1. The fraction of sp³-hybridized carbons (Fsp3) is 0.129. The molecule has 0 saturated heterocycles. The van der Waals surface area contributed by atoms with Gasteiger partial charge in [0.25, 0.3) is 5.91 Å². The Morgan fingerprint density at radius 2 is 1.50 bits per heavy atom. The number of rotatable bonds is 7. The Labute approximate surface area is 272 Å². The van der Waals surface area contributed by atoms with Crippen LogP contribution in [0.2, 0.25) is 20.1 Å². The first-order valence-electron chi connectivity index (χ1n) is 12.6. The normalized spacial score (nSPS) is 17.2. The number of nitrogens with one attached hydrogen (secondary N) is 2. The van der Waals surface area contributed by atoms with Crippen LogP contribution in [0.25, 0.3) is 0 Å². The molecule has 5 rings (SSSR count). The second kappa shape index (κ2) is 12.5. The molecule has 0 aliphatic heterocycles. The molecule has 0 heterocycles. The Morgan fingerprint density at radius 3 is 2.17 bits per heavy atom. The highest BCUT2D eigenvalue weighted by Gasteiger charge is 2.67. The first-order chi connectivity index (χ1) is 19.9. The first-order valence-corrected chi connectivity index (χ1v) is 14.8. The lowest BCUT2D eigenvalue weighted by Gasteiger charge is -2.12. The fourth-order valence-electron chi connectivity index (χ4n) is 4.58. The molecular weight excluding hydrogens is 659 g/mol.